The van der Waals surface area contributed by atoms with Gasteiger partial charge in [0, 0.05) is 23.8 Å². The fourth-order valence-corrected chi connectivity index (χ4v) is 4.19. The van der Waals surface area contributed by atoms with Crippen LogP contribution in [-0.4, -0.2) is 37.9 Å². The van der Waals surface area contributed by atoms with Crippen molar-refractivity contribution in [1.29, 1.82) is 0 Å². The molecule has 0 aliphatic heterocycles. The lowest BCUT2D eigenvalue weighted by atomic mass is 9.73. The second-order valence-electron chi connectivity index (χ2n) is 9.82. The number of nitrogens with two attached hydrogens (primary N) is 1. The van der Waals surface area contributed by atoms with Crippen LogP contribution in [0.15, 0.2) is 0 Å². The molecule has 5 nitrogen and oxygen atoms in total. The molecule has 0 aromatic carbocycles. The minimum absolute atomic E-state index is 0.105. The first-order chi connectivity index (χ1) is 13.9. The van der Waals surface area contributed by atoms with E-state index in [1.165, 1.54) is 38.5 Å². The number of carbonyl (C=O) groups excluding carboxylic acids is 2. The number of nitrogens with one attached hydrogen (secondary N) is 2. The van der Waals surface area contributed by atoms with Gasteiger partial charge < -0.3 is 16.4 Å². The van der Waals surface area contributed by atoms with Gasteiger partial charge in [-0.1, -0.05) is 46.5 Å². The van der Waals surface area contributed by atoms with Crippen molar-refractivity contribution in [2.24, 2.45) is 23.0 Å². The van der Waals surface area contributed by atoms with E-state index in [0.717, 1.165) is 64.7 Å². The molecule has 1 amide bonds. The number of Topliss-reactive ketones (excluding diaryl/α,β-unsaturated/α-hetero) is 1. The highest BCUT2D eigenvalue weighted by Crippen LogP contribution is 2.34. The number of rotatable bonds is 15. The first-order valence-corrected chi connectivity index (χ1v) is 12.1. The number of carbonyl (C=O) groups is 2. The molecule has 0 radical (unpaired) electrons. The summed E-state index contributed by atoms with van der Waals surface area (Å²) in [6.07, 6.45) is 13.0. The van der Waals surface area contributed by atoms with Gasteiger partial charge in [-0.2, -0.15) is 0 Å². The summed E-state index contributed by atoms with van der Waals surface area (Å²) in [5.74, 6) is 0.812. The second-order valence-corrected chi connectivity index (χ2v) is 9.82. The van der Waals surface area contributed by atoms with Gasteiger partial charge in [0.15, 0.2) is 0 Å². The second kappa shape index (κ2) is 15.0. The molecule has 29 heavy (non-hydrogen) atoms. The summed E-state index contributed by atoms with van der Waals surface area (Å²) in [6.45, 7) is 9.80. The van der Waals surface area contributed by atoms with Crippen molar-refractivity contribution < 1.29 is 9.59 Å². The minimum atomic E-state index is -0.264. The van der Waals surface area contributed by atoms with Gasteiger partial charge in [0.1, 0.15) is 5.78 Å². The van der Waals surface area contributed by atoms with Crippen LogP contribution < -0.4 is 16.4 Å². The molecular weight excluding hydrogens is 362 g/mol. The number of unbranched alkanes of at least 4 members (excludes halogenated alkanes) is 6. The zero-order chi connectivity index (χ0) is 21.5. The SMILES string of the molecule is CC(C)(C)C(=O)C1CCC(C(=O)NCCCCCCNCCCCCCN)CC1. The first-order valence-electron chi connectivity index (χ1n) is 12.1. The van der Waals surface area contributed by atoms with Gasteiger partial charge in [-0.3, -0.25) is 9.59 Å². The molecule has 170 valence electrons. The monoisotopic (exact) mass is 409 g/mol. The molecule has 1 aliphatic rings. The topological polar surface area (TPSA) is 84.2 Å². The quantitative estimate of drug-likeness (QED) is 0.354. The molecule has 0 unspecified atom stereocenters. The fraction of sp³-hybridized carbons (Fsp3) is 0.917. The summed E-state index contributed by atoms with van der Waals surface area (Å²) in [6, 6.07) is 0. The minimum Gasteiger partial charge on any atom is -0.356 e. The van der Waals surface area contributed by atoms with E-state index in [0.29, 0.717) is 5.78 Å². The third kappa shape index (κ3) is 11.7. The summed E-state index contributed by atoms with van der Waals surface area (Å²) in [5, 5.41) is 6.62. The first kappa shape index (κ1) is 26.1. The Hall–Kier alpha value is -0.940. The van der Waals surface area contributed by atoms with E-state index in [-0.39, 0.29) is 23.2 Å². The third-order valence-corrected chi connectivity index (χ3v) is 6.10. The standard InChI is InChI=1S/C24H47N3O2/c1-24(2,3)22(28)20-12-14-21(15-13-20)23(29)27-19-11-7-6-10-18-26-17-9-5-4-8-16-25/h20-21,26H,4-19,25H2,1-3H3,(H,27,29). The molecule has 0 aromatic heterocycles. The Bertz CT molecular complexity index is 452. The Morgan fingerprint density at radius 2 is 1.24 bits per heavy atom. The van der Waals surface area contributed by atoms with Crippen LogP contribution in [0.4, 0.5) is 0 Å². The van der Waals surface area contributed by atoms with E-state index < -0.39 is 0 Å². The van der Waals surface area contributed by atoms with E-state index in [2.05, 4.69) is 10.6 Å². The number of ketones is 1. The van der Waals surface area contributed by atoms with Crippen LogP contribution in [0.3, 0.4) is 0 Å². The lowest BCUT2D eigenvalue weighted by Crippen LogP contribution is -2.37. The van der Waals surface area contributed by atoms with Crippen LogP contribution in [0.2, 0.25) is 0 Å². The summed E-state index contributed by atoms with van der Waals surface area (Å²) >= 11 is 0. The molecule has 0 atom stereocenters. The van der Waals surface area contributed by atoms with Gasteiger partial charge in [-0.25, -0.2) is 0 Å². The van der Waals surface area contributed by atoms with Gasteiger partial charge in [-0.05, 0) is 71.0 Å². The van der Waals surface area contributed by atoms with Crippen LogP contribution in [0, 0.1) is 17.3 Å². The molecule has 1 rings (SSSR count). The van der Waals surface area contributed by atoms with E-state index >= 15 is 0 Å². The maximum absolute atomic E-state index is 12.4. The molecule has 1 aliphatic carbocycles. The lowest BCUT2D eigenvalue weighted by molar-refractivity contribution is -0.134. The van der Waals surface area contributed by atoms with Crippen molar-refractivity contribution in [3.8, 4) is 0 Å². The van der Waals surface area contributed by atoms with Crippen molar-refractivity contribution in [3.63, 3.8) is 0 Å². The summed E-state index contributed by atoms with van der Waals surface area (Å²) < 4.78 is 0. The smallest absolute Gasteiger partial charge is 0.223 e. The fourth-order valence-electron chi connectivity index (χ4n) is 4.19. The van der Waals surface area contributed by atoms with Gasteiger partial charge >= 0.3 is 0 Å². The summed E-state index contributed by atoms with van der Waals surface area (Å²) in [4.78, 5) is 24.8. The molecule has 0 heterocycles. The predicted octanol–water partition coefficient (Wildman–Crippen LogP) is 4.19. The van der Waals surface area contributed by atoms with Crippen LogP contribution in [0.5, 0.6) is 0 Å². The Kier molecular flexibility index (Phi) is 13.5. The normalized spacial score (nSPS) is 19.9. The highest BCUT2D eigenvalue weighted by molar-refractivity contribution is 5.86. The van der Waals surface area contributed by atoms with E-state index in [4.69, 9.17) is 5.73 Å². The van der Waals surface area contributed by atoms with Gasteiger partial charge in [0.05, 0.1) is 0 Å². The van der Waals surface area contributed by atoms with Crippen LogP contribution >= 0.6 is 0 Å². The van der Waals surface area contributed by atoms with E-state index in [1.807, 2.05) is 20.8 Å². The molecule has 1 fully saturated rings. The molecule has 0 aromatic rings. The molecule has 0 spiro atoms. The highest BCUT2D eigenvalue weighted by Gasteiger charge is 2.34. The molecule has 1 saturated carbocycles. The zero-order valence-electron chi connectivity index (χ0n) is 19.4. The van der Waals surface area contributed by atoms with Crippen LogP contribution in [-0.2, 0) is 9.59 Å². The van der Waals surface area contributed by atoms with Crippen molar-refractivity contribution in [1.82, 2.24) is 10.6 Å². The van der Waals surface area contributed by atoms with Crippen molar-refractivity contribution >= 4 is 11.7 Å². The molecule has 4 N–H and O–H groups in total. The third-order valence-electron chi connectivity index (χ3n) is 6.10. The zero-order valence-corrected chi connectivity index (χ0v) is 19.4. The average molecular weight is 410 g/mol. The molecule has 0 bridgehead atoms. The van der Waals surface area contributed by atoms with Crippen LogP contribution in [0.1, 0.15) is 97.8 Å². The van der Waals surface area contributed by atoms with E-state index in [1.54, 1.807) is 0 Å². The molecule has 5 heteroatoms. The maximum atomic E-state index is 12.4. The Balaban J connectivity index is 1.95. The number of hydrogen-bond acceptors (Lipinski definition) is 4. The Morgan fingerprint density at radius 1 is 0.759 bits per heavy atom. The van der Waals surface area contributed by atoms with E-state index in [9.17, 15) is 9.59 Å². The Morgan fingerprint density at radius 3 is 1.76 bits per heavy atom. The highest BCUT2D eigenvalue weighted by atomic mass is 16.2. The van der Waals surface area contributed by atoms with Crippen molar-refractivity contribution in [3.05, 3.63) is 0 Å². The van der Waals surface area contributed by atoms with Gasteiger partial charge in [-0.15, -0.1) is 0 Å². The van der Waals surface area contributed by atoms with Gasteiger partial charge in [0.25, 0.3) is 0 Å². The maximum Gasteiger partial charge on any atom is 0.223 e. The molecular formula is C24H47N3O2. The number of amides is 1. The van der Waals surface area contributed by atoms with Crippen molar-refractivity contribution in [2.75, 3.05) is 26.2 Å². The lowest BCUT2D eigenvalue weighted by Gasteiger charge is -2.30. The van der Waals surface area contributed by atoms with Crippen LogP contribution in [0.25, 0.3) is 0 Å². The van der Waals surface area contributed by atoms with Crippen molar-refractivity contribution in [2.45, 2.75) is 97.8 Å². The summed E-state index contributed by atoms with van der Waals surface area (Å²) in [5.41, 5.74) is 5.23. The number of hydrogen-bond donors (Lipinski definition) is 3. The molecule has 0 saturated heterocycles. The summed E-state index contributed by atoms with van der Waals surface area (Å²) in [7, 11) is 0. The van der Waals surface area contributed by atoms with Gasteiger partial charge in [0.2, 0.25) is 5.91 Å². The largest absolute Gasteiger partial charge is 0.356 e. The predicted molar refractivity (Wildman–Crippen MR) is 122 cm³/mol. The Labute approximate surface area is 179 Å². The average Bonchev–Trinajstić information content (AvgIpc) is 2.70.